The van der Waals surface area contributed by atoms with Crippen molar-refractivity contribution in [2.45, 2.75) is 31.6 Å². The van der Waals surface area contributed by atoms with Crippen molar-refractivity contribution in [1.82, 2.24) is 4.90 Å². The molecule has 0 radical (unpaired) electrons. The Bertz CT molecular complexity index is 772. The number of hydrogen-bond acceptors (Lipinski definition) is 5. The van der Waals surface area contributed by atoms with E-state index in [4.69, 9.17) is 0 Å². The fourth-order valence-corrected chi connectivity index (χ4v) is 4.24. The van der Waals surface area contributed by atoms with Gasteiger partial charge in [-0.2, -0.15) is 5.10 Å². The van der Waals surface area contributed by atoms with E-state index in [0.717, 1.165) is 23.3 Å². The maximum absolute atomic E-state index is 13.1. The molecule has 130 valence electrons. The van der Waals surface area contributed by atoms with Crippen molar-refractivity contribution >= 4 is 40.4 Å². The minimum atomic E-state index is -0.288. The average molecular weight is 375 g/mol. The molecule has 1 amide bonds. The first-order chi connectivity index (χ1) is 12.2. The van der Waals surface area contributed by atoms with E-state index in [0.29, 0.717) is 11.7 Å². The van der Waals surface area contributed by atoms with Gasteiger partial charge in [-0.15, -0.1) is 16.4 Å². The molecule has 1 aliphatic heterocycles. The van der Waals surface area contributed by atoms with E-state index < -0.39 is 0 Å². The monoisotopic (exact) mass is 375 g/mol. The zero-order valence-electron chi connectivity index (χ0n) is 13.8. The highest BCUT2D eigenvalue weighted by atomic mass is 32.2. The molecule has 1 aromatic carbocycles. The van der Waals surface area contributed by atoms with Gasteiger partial charge < -0.3 is 0 Å². The molecule has 1 aromatic heterocycles. The predicted octanol–water partition coefficient (Wildman–Crippen LogP) is 4.52. The molecule has 25 heavy (non-hydrogen) atoms. The zero-order valence-corrected chi connectivity index (χ0v) is 15.4. The van der Waals surface area contributed by atoms with E-state index in [1.807, 2.05) is 17.5 Å². The van der Waals surface area contributed by atoms with Crippen molar-refractivity contribution in [3.8, 4) is 0 Å². The molecule has 0 saturated carbocycles. The molecule has 0 unspecified atom stereocenters. The van der Waals surface area contributed by atoms with Crippen LogP contribution in [0.1, 0.15) is 30.2 Å². The van der Waals surface area contributed by atoms with Gasteiger partial charge >= 0.3 is 0 Å². The Balaban J connectivity index is 1.79. The number of carbonyl (C=O) groups excluding carboxylic acids is 1. The molecular weight excluding hydrogens is 357 g/mol. The summed E-state index contributed by atoms with van der Waals surface area (Å²) >= 11 is 3.03. The van der Waals surface area contributed by atoms with Gasteiger partial charge in [-0.3, -0.25) is 9.69 Å². The van der Waals surface area contributed by atoms with Crippen molar-refractivity contribution in [2.24, 2.45) is 10.2 Å². The van der Waals surface area contributed by atoms with Crippen LogP contribution >= 0.6 is 23.1 Å². The Labute approximate surface area is 154 Å². The molecule has 3 rings (SSSR count). The Morgan fingerprint density at radius 3 is 2.76 bits per heavy atom. The minimum Gasteiger partial charge on any atom is -0.284 e. The molecule has 2 aromatic rings. The summed E-state index contributed by atoms with van der Waals surface area (Å²) < 4.78 is 13.1. The lowest BCUT2D eigenvalue weighted by Crippen LogP contribution is -2.31. The number of halogens is 1. The fraction of sp³-hybridized carbons (Fsp3) is 0.278. The smallest absolute Gasteiger partial charge is 0.242 e. The Morgan fingerprint density at radius 1 is 1.28 bits per heavy atom. The van der Waals surface area contributed by atoms with Crippen LogP contribution < -0.4 is 0 Å². The van der Waals surface area contributed by atoms with Gasteiger partial charge in [0.1, 0.15) is 5.82 Å². The van der Waals surface area contributed by atoms with Gasteiger partial charge in [0, 0.05) is 4.88 Å². The SMILES string of the molecule is CCC[C@@H]1S/C(=N\N=C/c2cccs2)N(Cc2ccc(F)cc2)C1=O. The number of nitrogens with zero attached hydrogens (tertiary/aromatic N) is 3. The average Bonchev–Trinajstić information content (AvgIpc) is 3.21. The van der Waals surface area contributed by atoms with Crippen LogP contribution in [0.5, 0.6) is 0 Å². The maximum atomic E-state index is 13.1. The summed E-state index contributed by atoms with van der Waals surface area (Å²) in [6.07, 6.45) is 3.42. The molecule has 1 atom stereocenters. The highest BCUT2D eigenvalue weighted by molar-refractivity contribution is 8.15. The molecule has 7 heteroatoms. The summed E-state index contributed by atoms with van der Waals surface area (Å²) in [5.41, 5.74) is 0.863. The van der Waals surface area contributed by atoms with E-state index in [1.54, 1.807) is 34.6 Å². The van der Waals surface area contributed by atoms with Crippen LogP contribution in [-0.4, -0.2) is 27.4 Å². The number of rotatable bonds is 6. The number of amidine groups is 1. The van der Waals surface area contributed by atoms with Crippen LogP contribution in [0, 0.1) is 5.82 Å². The number of hydrogen-bond donors (Lipinski definition) is 0. The minimum absolute atomic E-state index is 0.0428. The standard InChI is InChI=1S/C18H18FN3OS2/c1-2-4-16-17(23)22(12-13-6-8-14(19)9-7-13)18(25-16)21-20-11-15-5-3-10-24-15/h3,5-11,16H,2,4,12H2,1H3/b20-11-,21-18-/t16-/m0/s1. The van der Waals surface area contributed by atoms with Crippen LogP contribution in [0.4, 0.5) is 4.39 Å². The van der Waals surface area contributed by atoms with Crippen LogP contribution in [0.2, 0.25) is 0 Å². The first-order valence-corrected chi connectivity index (χ1v) is 9.80. The second-order valence-electron chi connectivity index (χ2n) is 5.59. The van der Waals surface area contributed by atoms with Gasteiger partial charge in [-0.25, -0.2) is 4.39 Å². The molecule has 1 fully saturated rings. The Kier molecular flexibility index (Phi) is 5.99. The number of thioether (sulfide) groups is 1. The highest BCUT2D eigenvalue weighted by Gasteiger charge is 2.37. The molecule has 0 bridgehead atoms. The Morgan fingerprint density at radius 2 is 2.08 bits per heavy atom. The van der Waals surface area contributed by atoms with Crippen molar-refractivity contribution in [3.63, 3.8) is 0 Å². The number of carbonyl (C=O) groups is 1. The van der Waals surface area contributed by atoms with Crippen molar-refractivity contribution in [3.05, 3.63) is 58.0 Å². The summed E-state index contributed by atoms with van der Waals surface area (Å²) in [6.45, 7) is 2.43. The van der Waals surface area contributed by atoms with E-state index in [-0.39, 0.29) is 17.0 Å². The fourth-order valence-electron chi connectivity index (χ4n) is 2.45. The first-order valence-electron chi connectivity index (χ1n) is 8.04. The predicted molar refractivity (Wildman–Crippen MR) is 103 cm³/mol. The number of amides is 1. The summed E-state index contributed by atoms with van der Waals surface area (Å²) in [5, 5.41) is 10.8. The molecule has 2 heterocycles. The normalized spacial score (nSPS) is 19.4. The van der Waals surface area contributed by atoms with Crippen molar-refractivity contribution < 1.29 is 9.18 Å². The van der Waals surface area contributed by atoms with Gasteiger partial charge in [0.25, 0.3) is 0 Å². The molecule has 1 saturated heterocycles. The second-order valence-corrected chi connectivity index (χ2v) is 7.74. The molecule has 0 N–H and O–H groups in total. The first kappa shape index (κ1) is 17.8. The third-order valence-electron chi connectivity index (χ3n) is 3.70. The third-order valence-corrected chi connectivity index (χ3v) is 5.74. The highest BCUT2D eigenvalue weighted by Crippen LogP contribution is 2.31. The lowest BCUT2D eigenvalue weighted by atomic mass is 10.2. The van der Waals surface area contributed by atoms with Gasteiger partial charge in [-0.1, -0.05) is 43.3 Å². The largest absolute Gasteiger partial charge is 0.284 e. The van der Waals surface area contributed by atoms with Crippen molar-refractivity contribution in [1.29, 1.82) is 0 Å². The maximum Gasteiger partial charge on any atom is 0.242 e. The summed E-state index contributed by atoms with van der Waals surface area (Å²) in [6, 6.07) is 10.1. The summed E-state index contributed by atoms with van der Waals surface area (Å²) in [7, 11) is 0. The molecule has 4 nitrogen and oxygen atoms in total. The van der Waals surface area contributed by atoms with E-state index in [2.05, 4.69) is 17.1 Å². The van der Waals surface area contributed by atoms with Gasteiger partial charge in [0.2, 0.25) is 5.91 Å². The topological polar surface area (TPSA) is 45.0 Å². The van der Waals surface area contributed by atoms with Gasteiger partial charge in [0.05, 0.1) is 18.0 Å². The third kappa shape index (κ3) is 4.55. The van der Waals surface area contributed by atoms with Crippen LogP contribution in [-0.2, 0) is 11.3 Å². The quantitative estimate of drug-likeness (QED) is 0.550. The molecule has 0 aliphatic carbocycles. The van der Waals surface area contributed by atoms with Crippen LogP contribution in [0.3, 0.4) is 0 Å². The van der Waals surface area contributed by atoms with E-state index in [9.17, 15) is 9.18 Å². The number of benzene rings is 1. The Hall–Kier alpha value is -1.99. The molecule has 1 aliphatic rings. The number of thiophene rings is 1. The summed E-state index contributed by atoms with van der Waals surface area (Å²) in [5.74, 6) is -0.245. The van der Waals surface area contributed by atoms with Gasteiger partial charge in [0.15, 0.2) is 5.17 Å². The van der Waals surface area contributed by atoms with E-state index in [1.165, 1.54) is 23.9 Å². The molecular formula is C18H18FN3OS2. The lowest BCUT2D eigenvalue weighted by Gasteiger charge is -2.15. The zero-order chi connectivity index (χ0) is 17.6. The van der Waals surface area contributed by atoms with Crippen LogP contribution in [0.25, 0.3) is 0 Å². The lowest BCUT2D eigenvalue weighted by molar-refractivity contribution is -0.126. The van der Waals surface area contributed by atoms with Crippen LogP contribution in [0.15, 0.2) is 52.0 Å². The molecule has 0 spiro atoms. The van der Waals surface area contributed by atoms with Crippen molar-refractivity contribution in [2.75, 3.05) is 0 Å². The van der Waals surface area contributed by atoms with E-state index >= 15 is 0 Å². The second kappa shape index (κ2) is 8.40. The summed E-state index contributed by atoms with van der Waals surface area (Å²) in [4.78, 5) is 15.3. The van der Waals surface area contributed by atoms with Gasteiger partial charge in [-0.05, 0) is 35.6 Å².